The largest absolute Gasteiger partial charge is 0.399 e. The van der Waals surface area contributed by atoms with Crippen LogP contribution in [0.1, 0.15) is 0 Å². The molecular weight excluding hydrogens is 392 g/mol. The van der Waals surface area contributed by atoms with Crippen LogP contribution in [0.4, 0.5) is 10.8 Å². The zero-order chi connectivity index (χ0) is 19.3. The molecule has 1 amide bonds. The van der Waals surface area contributed by atoms with E-state index in [2.05, 4.69) is 20.5 Å². The Morgan fingerprint density at radius 3 is 2.75 bits per heavy atom. The molecule has 4 rings (SSSR count). The van der Waals surface area contributed by atoms with Crippen LogP contribution in [0.2, 0.25) is 0 Å². The van der Waals surface area contributed by atoms with Crippen LogP contribution in [0.3, 0.4) is 0 Å². The van der Waals surface area contributed by atoms with Gasteiger partial charge in [0.05, 0.1) is 5.75 Å². The predicted octanol–water partition coefficient (Wildman–Crippen LogP) is 3.70. The Labute approximate surface area is 169 Å². The quantitative estimate of drug-likeness (QED) is 0.373. The lowest BCUT2D eigenvalue weighted by Gasteiger charge is -2.10. The average Bonchev–Trinajstić information content (AvgIpc) is 3.36. The second kappa shape index (κ2) is 8.24. The number of thioether (sulfide) groups is 1. The number of thiazole rings is 1. The summed E-state index contributed by atoms with van der Waals surface area (Å²) in [6.45, 7) is 0. The maximum absolute atomic E-state index is 12.2. The Bertz CT molecular complexity index is 1080. The van der Waals surface area contributed by atoms with Gasteiger partial charge in [-0.15, -0.1) is 21.5 Å². The summed E-state index contributed by atoms with van der Waals surface area (Å²) in [4.78, 5) is 16.3. The highest BCUT2D eigenvalue weighted by Crippen LogP contribution is 2.28. The summed E-state index contributed by atoms with van der Waals surface area (Å²) < 4.78 is 1.93. The van der Waals surface area contributed by atoms with E-state index in [0.29, 0.717) is 21.8 Å². The number of nitrogen functional groups attached to an aromatic ring is 1. The van der Waals surface area contributed by atoms with Crippen LogP contribution in [0.5, 0.6) is 0 Å². The molecule has 0 saturated carbocycles. The number of amides is 1. The van der Waals surface area contributed by atoms with Gasteiger partial charge in [-0.3, -0.25) is 9.36 Å². The smallest absolute Gasteiger partial charge is 0.236 e. The number of benzene rings is 2. The van der Waals surface area contributed by atoms with Gasteiger partial charge in [-0.25, -0.2) is 4.98 Å². The van der Waals surface area contributed by atoms with Crippen molar-refractivity contribution in [3.8, 4) is 17.1 Å². The first-order chi connectivity index (χ1) is 13.7. The summed E-state index contributed by atoms with van der Waals surface area (Å²) in [5.41, 5.74) is 8.35. The third kappa shape index (κ3) is 4.05. The topological polar surface area (TPSA) is 98.7 Å². The van der Waals surface area contributed by atoms with E-state index in [1.54, 1.807) is 6.20 Å². The molecule has 2 aromatic carbocycles. The fraction of sp³-hybridized carbons (Fsp3) is 0.0526. The fourth-order valence-corrected chi connectivity index (χ4v) is 3.91. The number of anilines is 2. The molecule has 0 aliphatic carbocycles. The van der Waals surface area contributed by atoms with Crippen LogP contribution in [-0.4, -0.2) is 31.4 Å². The highest BCUT2D eigenvalue weighted by molar-refractivity contribution is 7.99. The zero-order valence-electron chi connectivity index (χ0n) is 14.6. The second-order valence-corrected chi connectivity index (χ2v) is 7.61. The summed E-state index contributed by atoms with van der Waals surface area (Å²) in [5, 5.41) is 14.4. The van der Waals surface area contributed by atoms with Gasteiger partial charge >= 0.3 is 0 Å². The molecule has 0 saturated heterocycles. The van der Waals surface area contributed by atoms with Crippen LogP contribution in [0, 0.1) is 0 Å². The zero-order valence-corrected chi connectivity index (χ0v) is 16.3. The number of hydrogen-bond donors (Lipinski definition) is 2. The normalized spacial score (nSPS) is 10.7. The lowest BCUT2D eigenvalue weighted by molar-refractivity contribution is -0.113. The molecule has 7 nitrogen and oxygen atoms in total. The van der Waals surface area contributed by atoms with Gasteiger partial charge in [0.25, 0.3) is 0 Å². The number of nitrogens with one attached hydrogen (secondary N) is 1. The van der Waals surface area contributed by atoms with E-state index < -0.39 is 0 Å². The van der Waals surface area contributed by atoms with Crippen molar-refractivity contribution in [1.29, 1.82) is 0 Å². The number of hydrogen-bond acceptors (Lipinski definition) is 7. The molecule has 4 aromatic rings. The van der Waals surface area contributed by atoms with Crippen LogP contribution in [0.15, 0.2) is 71.3 Å². The van der Waals surface area contributed by atoms with Crippen molar-refractivity contribution in [3.05, 3.63) is 66.2 Å². The van der Waals surface area contributed by atoms with Gasteiger partial charge in [-0.2, -0.15) is 0 Å². The van der Waals surface area contributed by atoms with Gasteiger partial charge in [0.15, 0.2) is 16.1 Å². The second-order valence-electron chi connectivity index (χ2n) is 5.78. The Hall–Kier alpha value is -3.17. The fourth-order valence-electron chi connectivity index (χ4n) is 2.61. The monoisotopic (exact) mass is 408 g/mol. The van der Waals surface area contributed by atoms with Crippen molar-refractivity contribution in [2.24, 2.45) is 0 Å². The third-order valence-corrected chi connectivity index (χ3v) is 5.42. The molecule has 0 spiro atoms. The van der Waals surface area contributed by atoms with E-state index in [1.807, 2.05) is 64.5 Å². The maximum Gasteiger partial charge on any atom is 0.236 e. The van der Waals surface area contributed by atoms with Crippen LogP contribution < -0.4 is 11.1 Å². The number of para-hydroxylation sites is 1. The molecule has 3 N–H and O–H groups in total. The molecule has 0 fully saturated rings. The lowest BCUT2D eigenvalue weighted by Crippen LogP contribution is -2.14. The summed E-state index contributed by atoms with van der Waals surface area (Å²) in [6, 6.07) is 17.3. The van der Waals surface area contributed by atoms with E-state index in [-0.39, 0.29) is 11.7 Å². The molecular formula is C19H16N6OS2. The summed E-state index contributed by atoms with van der Waals surface area (Å²) in [5.74, 6) is 0.718. The highest BCUT2D eigenvalue weighted by Gasteiger charge is 2.17. The molecule has 140 valence electrons. The molecule has 0 aliphatic heterocycles. The van der Waals surface area contributed by atoms with Gasteiger partial charge < -0.3 is 11.1 Å². The molecule has 0 aliphatic rings. The Kier molecular flexibility index (Phi) is 5.36. The molecule has 0 radical (unpaired) electrons. The van der Waals surface area contributed by atoms with E-state index >= 15 is 0 Å². The molecule has 0 bridgehead atoms. The molecule has 9 heteroatoms. The number of aromatic nitrogens is 4. The highest BCUT2D eigenvalue weighted by atomic mass is 32.2. The molecule has 2 heterocycles. The van der Waals surface area contributed by atoms with Crippen molar-refractivity contribution >= 4 is 39.8 Å². The van der Waals surface area contributed by atoms with Crippen molar-refractivity contribution < 1.29 is 4.79 Å². The number of nitrogens with zero attached hydrogens (tertiary/aromatic N) is 4. The van der Waals surface area contributed by atoms with Gasteiger partial charge in [-0.05, 0) is 24.3 Å². The molecule has 2 aromatic heterocycles. The van der Waals surface area contributed by atoms with E-state index in [4.69, 9.17) is 5.73 Å². The van der Waals surface area contributed by atoms with E-state index in [1.165, 1.54) is 23.1 Å². The predicted molar refractivity (Wildman–Crippen MR) is 113 cm³/mol. The van der Waals surface area contributed by atoms with Crippen LogP contribution in [0.25, 0.3) is 17.1 Å². The third-order valence-electron chi connectivity index (χ3n) is 3.80. The van der Waals surface area contributed by atoms with Crippen molar-refractivity contribution in [3.63, 3.8) is 0 Å². The van der Waals surface area contributed by atoms with Crippen molar-refractivity contribution in [1.82, 2.24) is 19.7 Å². The van der Waals surface area contributed by atoms with Gasteiger partial charge in [0, 0.05) is 28.5 Å². The summed E-state index contributed by atoms with van der Waals surface area (Å²) in [6.07, 6.45) is 1.65. The first kappa shape index (κ1) is 18.2. The first-order valence-electron chi connectivity index (χ1n) is 8.39. The van der Waals surface area contributed by atoms with Gasteiger partial charge in [0.2, 0.25) is 5.91 Å². The number of nitrogens with two attached hydrogens (primary N) is 1. The van der Waals surface area contributed by atoms with Crippen LogP contribution in [-0.2, 0) is 4.79 Å². The number of carbonyl (C=O) groups excluding carboxylic acids is 1. The standard InChI is InChI=1S/C19H16N6OS2/c20-14-6-4-5-13(11-14)17-23-24-19(25(17)15-7-2-1-3-8-15)28-12-16(26)22-18-21-9-10-27-18/h1-11H,12,20H2,(H,21,22,26). The minimum Gasteiger partial charge on any atom is -0.399 e. The lowest BCUT2D eigenvalue weighted by atomic mass is 10.2. The first-order valence-corrected chi connectivity index (χ1v) is 10.3. The number of carbonyl (C=O) groups is 1. The van der Waals surface area contributed by atoms with Crippen molar-refractivity contribution in [2.75, 3.05) is 16.8 Å². The Balaban J connectivity index is 1.63. The minimum atomic E-state index is -0.145. The van der Waals surface area contributed by atoms with Gasteiger partial charge in [0.1, 0.15) is 0 Å². The van der Waals surface area contributed by atoms with E-state index in [9.17, 15) is 4.79 Å². The van der Waals surface area contributed by atoms with E-state index in [0.717, 1.165) is 11.3 Å². The SMILES string of the molecule is Nc1cccc(-c2nnc(SCC(=O)Nc3nccs3)n2-c2ccccc2)c1. The summed E-state index contributed by atoms with van der Waals surface area (Å²) in [7, 11) is 0. The molecule has 0 atom stereocenters. The number of rotatable bonds is 6. The van der Waals surface area contributed by atoms with Crippen LogP contribution >= 0.6 is 23.1 Å². The minimum absolute atomic E-state index is 0.145. The van der Waals surface area contributed by atoms with Gasteiger partial charge in [-0.1, -0.05) is 42.1 Å². The molecule has 28 heavy (non-hydrogen) atoms. The summed E-state index contributed by atoms with van der Waals surface area (Å²) >= 11 is 2.69. The average molecular weight is 409 g/mol. The van der Waals surface area contributed by atoms with Crippen molar-refractivity contribution in [2.45, 2.75) is 5.16 Å². The Morgan fingerprint density at radius 2 is 2.00 bits per heavy atom. The maximum atomic E-state index is 12.2. The molecule has 0 unspecified atom stereocenters. The Morgan fingerprint density at radius 1 is 1.14 bits per heavy atom.